The quantitative estimate of drug-likeness (QED) is 0.707. The molecule has 3 aliphatic rings. The van der Waals surface area contributed by atoms with Gasteiger partial charge in [0, 0.05) is 24.4 Å². The van der Waals surface area contributed by atoms with E-state index in [2.05, 4.69) is 4.90 Å². The number of carbonyl (C=O) groups excluding carboxylic acids is 1. The van der Waals surface area contributed by atoms with E-state index < -0.39 is 0 Å². The van der Waals surface area contributed by atoms with Gasteiger partial charge >= 0.3 is 0 Å². The largest absolute Gasteiger partial charge is 0.339 e. The van der Waals surface area contributed by atoms with Crippen molar-refractivity contribution in [3.8, 4) is 0 Å². The molecule has 0 aromatic heterocycles. The van der Waals surface area contributed by atoms with Gasteiger partial charge in [-0.05, 0) is 56.8 Å². The highest BCUT2D eigenvalue weighted by molar-refractivity contribution is 6.17. The van der Waals surface area contributed by atoms with E-state index in [1.807, 2.05) is 0 Å². The van der Waals surface area contributed by atoms with Gasteiger partial charge in [0.2, 0.25) is 5.91 Å². The van der Waals surface area contributed by atoms with Gasteiger partial charge in [-0.3, -0.25) is 4.79 Å². The predicted octanol–water partition coefficient (Wildman–Crippen LogP) is 3.04. The van der Waals surface area contributed by atoms with Crippen LogP contribution >= 0.6 is 11.6 Å². The lowest BCUT2D eigenvalue weighted by molar-refractivity contribution is -0.136. The molecule has 0 aromatic carbocycles. The minimum absolute atomic E-state index is 0.371. The summed E-state index contributed by atoms with van der Waals surface area (Å²) in [6, 6.07) is 0.498. The first-order valence-electron chi connectivity index (χ1n) is 7.16. The zero-order chi connectivity index (χ0) is 11.8. The number of amides is 1. The second-order valence-electron chi connectivity index (χ2n) is 6.08. The summed E-state index contributed by atoms with van der Waals surface area (Å²) in [6.45, 7) is 0.998. The van der Waals surface area contributed by atoms with Crippen LogP contribution in [0.25, 0.3) is 0 Å². The lowest BCUT2D eigenvalue weighted by atomic mass is 10.0. The van der Waals surface area contributed by atoms with E-state index in [0.717, 1.165) is 37.1 Å². The average molecular weight is 256 g/mol. The first-order chi connectivity index (χ1) is 8.29. The van der Waals surface area contributed by atoms with Gasteiger partial charge in [-0.2, -0.15) is 0 Å². The van der Waals surface area contributed by atoms with Crippen LogP contribution in [0.15, 0.2) is 0 Å². The molecule has 3 fully saturated rings. The molecule has 1 aliphatic heterocycles. The standard InChI is InChI=1S/C14H22ClNO/c15-5-1-3-13-4-2-6-16(13)14(17)12-8-10-7-11(10)9-12/h10-13H,1-9H2. The highest BCUT2D eigenvalue weighted by atomic mass is 35.5. The van der Waals surface area contributed by atoms with Crippen LogP contribution in [0.5, 0.6) is 0 Å². The fourth-order valence-electron chi connectivity index (χ4n) is 3.89. The van der Waals surface area contributed by atoms with E-state index in [4.69, 9.17) is 11.6 Å². The van der Waals surface area contributed by atoms with Crippen molar-refractivity contribution < 1.29 is 4.79 Å². The Morgan fingerprint density at radius 2 is 2.00 bits per heavy atom. The minimum atomic E-state index is 0.371. The van der Waals surface area contributed by atoms with E-state index in [1.54, 1.807) is 0 Å². The monoisotopic (exact) mass is 255 g/mol. The fraction of sp³-hybridized carbons (Fsp3) is 0.929. The first kappa shape index (κ1) is 11.8. The maximum absolute atomic E-state index is 12.5. The molecule has 0 bridgehead atoms. The Balaban J connectivity index is 1.56. The van der Waals surface area contributed by atoms with E-state index >= 15 is 0 Å². The Bertz CT molecular complexity index is 297. The third-order valence-corrected chi connectivity index (χ3v) is 5.19. The van der Waals surface area contributed by atoms with Crippen LogP contribution in [-0.2, 0) is 4.79 Å². The van der Waals surface area contributed by atoms with Crippen molar-refractivity contribution >= 4 is 17.5 Å². The van der Waals surface area contributed by atoms with Gasteiger partial charge < -0.3 is 4.90 Å². The summed E-state index contributed by atoms with van der Waals surface area (Å²) in [7, 11) is 0. The van der Waals surface area contributed by atoms with Crippen molar-refractivity contribution in [2.45, 2.75) is 51.0 Å². The van der Waals surface area contributed by atoms with Crippen LogP contribution in [0.2, 0.25) is 0 Å². The van der Waals surface area contributed by atoms with Gasteiger partial charge in [-0.25, -0.2) is 0 Å². The molecule has 2 aliphatic carbocycles. The van der Waals surface area contributed by atoms with E-state index in [-0.39, 0.29) is 0 Å². The second kappa shape index (κ2) is 4.79. The van der Waals surface area contributed by atoms with Crippen molar-refractivity contribution in [2.75, 3.05) is 12.4 Å². The molecule has 96 valence electrons. The molecule has 3 unspecified atom stereocenters. The molecule has 17 heavy (non-hydrogen) atoms. The number of hydrogen-bond acceptors (Lipinski definition) is 1. The summed E-state index contributed by atoms with van der Waals surface area (Å²) in [5.74, 6) is 3.39. The van der Waals surface area contributed by atoms with E-state index in [9.17, 15) is 4.79 Å². The summed E-state index contributed by atoms with van der Waals surface area (Å²) in [5.41, 5.74) is 0. The van der Waals surface area contributed by atoms with Crippen LogP contribution in [0.3, 0.4) is 0 Å². The van der Waals surface area contributed by atoms with Crippen molar-refractivity contribution in [2.24, 2.45) is 17.8 Å². The average Bonchev–Trinajstić information content (AvgIpc) is 2.81. The highest BCUT2D eigenvalue weighted by Gasteiger charge is 2.49. The molecular weight excluding hydrogens is 234 g/mol. The van der Waals surface area contributed by atoms with Gasteiger partial charge in [0.1, 0.15) is 0 Å². The van der Waals surface area contributed by atoms with Crippen LogP contribution in [0.1, 0.15) is 44.9 Å². The third kappa shape index (κ3) is 2.33. The second-order valence-corrected chi connectivity index (χ2v) is 6.46. The molecule has 0 N–H and O–H groups in total. The molecule has 2 nitrogen and oxygen atoms in total. The Kier molecular flexibility index (Phi) is 3.34. The van der Waals surface area contributed by atoms with Gasteiger partial charge in [0.15, 0.2) is 0 Å². The van der Waals surface area contributed by atoms with E-state index in [1.165, 1.54) is 32.1 Å². The number of hydrogen-bond donors (Lipinski definition) is 0. The lowest BCUT2D eigenvalue weighted by Gasteiger charge is -2.28. The molecule has 3 rings (SSSR count). The summed E-state index contributed by atoms with van der Waals surface area (Å²) < 4.78 is 0. The Morgan fingerprint density at radius 1 is 1.24 bits per heavy atom. The number of nitrogens with zero attached hydrogens (tertiary/aromatic N) is 1. The molecule has 0 aromatic rings. The normalized spacial score (nSPS) is 39.5. The van der Waals surface area contributed by atoms with Gasteiger partial charge in [-0.15, -0.1) is 11.6 Å². The Labute approximate surface area is 109 Å². The highest BCUT2D eigenvalue weighted by Crippen LogP contribution is 2.54. The van der Waals surface area contributed by atoms with Crippen molar-refractivity contribution in [1.29, 1.82) is 0 Å². The number of alkyl halides is 1. The number of likely N-dealkylation sites (tertiary alicyclic amines) is 1. The number of rotatable bonds is 4. The molecular formula is C14H22ClNO. The number of carbonyl (C=O) groups is 1. The van der Waals surface area contributed by atoms with Crippen molar-refractivity contribution in [1.82, 2.24) is 4.90 Å². The Hall–Kier alpha value is -0.240. The molecule has 0 spiro atoms. The van der Waals surface area contributed by atoms with Crippen molar-refractivity contribution in [3.63, 3.8) is 0 Å². The molecule has 1 heterocycles. The minimum Gasteiger partial charge on any atom is -0.339 e. The Morgan fingerprint density at radius 3 is 2.71 bits per heavy atom. The van der Waals surface area contributed by atoms with Crippen LogP contribution in [0.4, 0.5) is 0 Å². The molecule has 3 atom stereocenters. The zero-order valence-corrected chi connectivity index (χ0v) is 11.2. The van der Waals surface area contributed by atoms with Gasteiger partial charge in [0.05, 0.1) is 0 Å². The summed E-state index contributed by atoms with van der Waals surface area (Å²) in [4.78, 5) is 14.7. The van der Waals surface area contributed by atoms with Crippen LogP contribution in [0, 0.1) is 17.8 Å². The molecule has 1 amide bonds. The number of fused-ring (bicyclic) bond motifs is 1. The van der Waals surface area contributed by atoms with Gasteiger partial charge in [0.25, 0.3) is 0 Å². The SMILES string of the molecule is O=C(C1CC2CC2C1)N1CCCC1CCCCl. The fourth-order valence-corrected chi connectivity index (χ4v) is 4.04. The number of halogens is 1. The maximum Gasteiger partial charge on any atom is 0.225 e. The summed E-state index contributed by atoms with van der Waals surface area (Å²) >= 11 is 5.76. The van der Waals surface area contributed by atoms with Crippen LogP contribution < -0.4 is 0 Å². The molecule has 1 saturated heterocycles. The third-order valence-electron chi connectivity index (χ3n) is 4.92. The van der Waals surface area contributed by atoms with Crippen molar-refractivity contribution in [3.05, 3.63) is 0 Å². The maximum atomic E-state index is 12.5. The van der Waals surface area contributed by atoms with Crippen LogP contribution in [-0.4, -0.2) is 29.3 Å². The zero-order valence-electron chi connectivity index (χ0n) is 10.4. The summed E-state index contributed by atoms with van der Waals surface area (Å²) in [6.07, 6.45) is 8.31. The summed E-state index contributed by atoms with van der Waals surface area (Å²) in [5, 5.41) is 0. The smallest absolute Gasteiger partial charge is 0.225 e. The molecule has 0 radical (unpaired) electrons. The topological polar surface area (TPSA) is 20.3 Å². The van der Waals surface area contributed by atoms with Gasteiger partial charge in [-0.1, -0.05) is 0 Å². The first-order valence-corrected chi connectivity index (χ1v) is 7.69. The molecule has 3 heteroatoms. The van der Waals surface area contributed by atoms with E-state index in [0.29, 0.717) is 17.9 Å². The lowest BCUT2D eigenvalue weighted by Crippen LogP contribution is -2.39. The predicted molar refractivity (Wildman–Crippen MR) is 69.0 cm³/mol. The molecule has 2 saturated carbocycles.